The summed E-state index contributed by atoms with van der Waals surface area (Å²) in [7, 11) is 5.04. The first-order chi connectivity index (χ1) is 13.7. The van der Waals surface area contributed by atoms with Crippen LogP contribution in [0.4, 0.5) is 0 Å². The minimum absolute atomic E-state index is 0.175. The zero-order valence-electron chi connectivity index (χ0n) is 16.3. The molecule has 28 heavy (non-hydrogen) atoms. The average molecular weight is 376 g/mol. The Bertz CT molecular complexity index is 932. The summed E-state index contributed by atoms with van der Waals surface area (Å²) < 4.78 is 22.2. The molecule has 4 nitrogen and oxygen atoms in total. The van der Waals surface area contributed by atoms with E-state index in [0.29, 0.717) is 6.61 Å². The van der Waals surface area contributed by atoms with Gasteiger partial charge >= 0.3 is 0 Å². The van der Waals surface area contributed by atoms with Gasteiger partial charge in [-0.1, -0.05) is 30.3 Å². The molecule has 0 amide bonds. The second-order valence-corrected chi connectivity index (χ2v) is 6.85. The van der Waals surface area contributed by atoms with E-state index in [1.165, 1.54) is 11.1 Å². The van der Waals surface area contributed by atoms with Crippen molar-refractivity contribution in [3.63, 3.8) is 0 Å². The molecule has 0 saturated heterocycles. The number of fused-ring (bicyclic) bond motifs is 1. The molecule has 4 heteroatoms. The Hall–Kier alpha value is -3.14. The summed E-state index contributed by atoms with van der Waals surface area (Å²) in [6.07, 6.45) is 0. The summed E-state index contributed by atoms with van der Waals surface area (Å²) in [5.74, 6) is 3.76. The van der Waals surface area contributed by atoms with Gasteiger partial charge in [0.25, 0.3) is 0 Å². The molecule has 0 bridgehead atoms. The molecular weight excluding hydrogens is 352 g/mol. The van der Waals surface area contributed by atoms with Crippen LogP contribution in [0.25, 0.3) is 0 Å². The van der Waals surface area contributed by atoms with Crippen LogP contribution in [0.3, 0.4) is 0 Å². The predicted octanol–water partition coefficient (Wildman–Crippen LogP) is 5.02. The number of hydrogen-bond donors (Lipinski definition) is 0. The maximum absolute atomic E-state index is 6.15. The molecule has 1 aliphatic rings. The van der Waals surface area contributed by atoms with Crippen LogP contribution < -0.4 is 18.9 Å². The SMILES string of the molecule is COc1ccc(C2COc3cc(OC)ccc3C2c2ccc(OC)cc2)cc1. The highest BCUT2D eigenvalue weighted by Gasteiger charge is 2.33. The Balaban J connectivity index is 1.79. The molecular formula is C24H24O4. The van der Waals surface area contributed by atoms with E-state index in [2.05, 4.69) is 30.3 Å². The Morgan fingerprint density at radius 2 is 1.21 bits per heavy atom. The quantitative estimate of drug-likeness (QED) is 0.626. The van der Waals surface area contributed by atoms with Gasteiger partial charge in [-0.2, -0.15) is 0 Å². The van der Waals surface area contributed by atoms with Crippen LogP contribution in [-0.2, 0) is 0 Å². The maximum atomic E-state index is 6.15. The van der Waals surface area contributed by atoms with Gasteiger partial charge < -0.3 is 18.9 Å². The number of rotatable bonds is 5. The fourth-order valence-electron chi connectivity index (χ4n) is 3.88. The minimum Gasteiger partial charge on any atom is -0.497 e. The monoisotopic (exact) mass is 376 g/mol. The highest BCUT2D eigenvalue weighted by Crippen LogP contribution is 2.47. The van der Waals surface area contributed by atoms with Crippen molar-refractivity contribution in [2.75, 3.05) is 27.9 Å². The Morgan fingerprint density at radius 3 is 1.79 bits per heavy atom. The molecule has 144 valence electrons. The molecule has 0 aliphatic carbocycles. The van der Waals surface area contributed by atoms with E-state index < -0.39 is 0 Å². The second-order valence-electron chi connectivity index (χ2n) is 6.85. The fraction of sp³-hybridized carbons (Fsp3) is 0.250. The Morgan fingerprint density at radius 1 is 0.679 bits per heavy atom. The van der Waals surface area contributed by atoms with Crippen molar-refractivity contribution in [2.45, 2.75) is 11.8 Å². The van der Waals surface area contributed by atoms with Gasteiger partial charge in [-0.3, -0.25) is 0 Å². The number of methoxy groups -OCH3 is 3. The fourth-order valence-corrected chi connectivity index (χ4v) is 3.88. The highest BCUT2D eigenvalue weighted by molar-refractivity contribution is 5.51. The third-order valence-corrected chi connectivity index (χ3v) is 5.40. The predicted molar refractivity (Wildman–Crippen MR) is 109 cm³/mol. The van der Waals surface area contributed by atoms with Crippen LogP contribution in [0.1, 0.15) is 28.5 Å². The van der Waals surface area contributed by atoms with Crippen molar-refractivity contribution in [3.8, 4) is 23.0 Å². The normalized spacial score (nSPS) is 18.0. The molecule has 0 fully saturated rings. The smallest absolute Gasteiger partial charge is 0.126 e. The summed E-state index contributed by atoms with van der Waals surface area (Å²) in [6, 6.07) is 22.6. The summed E-state index contributed by atoms with van der Waals surface area (Å²) in [5, 5.41) is 0. The van der Waals surface area contributed by atoms with Gasteiger partial charge in [-0.25, -0.2) is 0 Å². The van der Waals surface area contributed by atoms with Crippen molar-refractivity contribution in [1.29, 1.82) is 0 Å². The van der Waals surface area contributed by atoms with E-state index in [-0.39, 0.29) is 11.8 Å². The molecule has 0 saturated carbocycles. The summed E-state index contributed by atoms with van der Waals surface area (Å²) in [4.78, 5) is 0. The van der Waals surface area contributed by atoms with Gasteiger partial charge in [-0.15, -0.1) is 0 Å². The largest absolute Gasteiger partial charge is 0.497 e. The molecule has 2 atom stereocenters. The van der Waals surface area contributed by atoms with E-state index >= 15 is 0 Å². The van der Waals surface area contributed by atoms with Gasteiger partial charge in [-0.05, 0) is 41.5 Å². The number of benzene rings is 3. The first-order valence-corrected chi connectivity index (χ1v) is 9.32. The van der Waals surface area contributed by atoms with E-state index in [1.807, 2.05) is 36.4 Å². The van der Waals surface area contributed by atoms with Crippen molar-refractivity contribution >= 4 is 0 Å². The van der Waals surface area contributed by atoms with Crippen LogP contribution in [0.15, 0.2) is 66.7 Å². The first kappa shape index (κ1) is 18.2. The number of hydrogen-bond acceptors (Lipinski definition) is 4. The third-order valence-electron chi connectivity index (χ3n) is 5.40. The lowest BCUT2D eigenvalue weighted by Crippen LogP contribution is -2.25. The topological polar surface area (TPSA) is 36.9 Å². The Labute approximate surface area is 165 Å². The van der Waals surface area contributed by atoms with E-state index in [9.17, 15) is 0 Å². The molecule has 1 heterocycles. The van der Waals surface area contributed by atoms with E-state index in [1.54, 1.807) is 21.3 Å². The molecule has 3 aromatic carbocycles. The van der Waals surface area contributed by atoms with Gasteiger partial charge in [0.15, 0.2) is 0 Å². The van der Waals surface area contributed by atoms with Gasteiger partial charge in [0.05, 0.1) is 27.9 Å². The lowest BCUT2D eigenvalue weighted by Gasteiger charge is -2.34. The highest BCUT2D eigenvalue weighted by atomic mass is 16.5. The van der Waals surface area contributed by atoms with Gasteiger partial charge in [0.1, 0.15) is 23.0 Å². The van der Waals surface area contributed by atoms with Crippen molar-refractivity contribution in [1.82, 2.24) is 0 Å². The molecule has 0 spiro atoms. The van der Waals surface area contributed by atoms with Crippen molar-refractivity contribution in [3.05, 3.63) is 83.4 Å². The summed E-state index contributed by atoms with van der Waals surface area (Å²) >= 11 is 0. The van der Waals surface area contributed by atoms with Crippen LogP contribution >= 0.6 is 0 Å². The molecule has 1 aliphatic heterocycles. The standard InChI is InChI=1S/C24H24O4/c1-25-18-8-4-16(5-9-18)22-15-28-23-14-20(27-3)12-13-21(23)24(22)17-6-10-19(26-2)11-7-17/h4-14,22,24H,15H2,1-3H3. The van der Waals surface area contributed by atoms with Gasteiger partial charge in [0.2, 0.25) is 0 Å². The second kappa shape index (κ2) is 7.85. The summed E-state index contributed by atoms with van der Waals surface area (Å²) in [6.45, 7) is 0.600. The zero-order valence-corrected chi connectivity index (χ0v) is 16.3. The lowest BCUT2D eigenvalue weighted by atomic mass is 9.76. The summed E-state index contributed by atoms with van der Waals surface area (Å²) in [5.41, 5.74) is 3.62. The molecule has 0 N–H and O–H groups in total. The molecule has 0 radical (unpaired) electrons. The minimum atomic E-state index is 0.175. The first-order valence-electron chi connectivity index (χ1n) is 9.32. The van der Waals surface area contributed by atoms with Crippen molar-refractivity contribution in [2.24, 2.45) is 0 Å². The van der Waals surface area contributed by atoms with Crippen LogP contribution in [0, 0.1) is 0 Å². The maximum Gasteiger partial charge on any atom is 0.126 e. The lowest BCUT2D eigenvalue weighted by molar-refractivity contribution is 0.247. The van der Waals surface area contributed by atoms with Crippen LogP contribution in [-0.4, -0.2) is 27.9 Å². The van der Waals surface area contributed by atoms with Crippen LogP contribution in [0.5, 0.6) is 23.0 Å². The Kier molecular flexibility index (Phi) is 5.11. The average Bonchev–Trinajstić information content (AvgIpc) is 2.78. The molecule has 4 rings (SSSR count). The van der Waals surface area contributed by atoms with Crippen LogP contribution in [0.2, 0.25) is 0 Å². The molecule has 3 aromatic rings. The van der Waals surface area contributed by atoms with E-state index in [0.717, 1.165) is 28.6 Å². The van der Waals surface area contributed by atoms with Gasteiger partial charge in [0, 0.05) is 23.5 Å². The van der Waals surface area contributed by atoms with Crippen molar-refractivity contribution < 1.29 is 18.9 Å². The molecule has 2 unspecified atom stereocenters. The third kappa shape index (κ3) is 3.38. The molecule has 0 aromatic heterocycles. The number of ether oxygens (including phenoxy) is 4. The van der Waals surface area contributed by atoms with E-state index in [4.69, 9.17) is 18.9 Å². The zero-order chi connectivity index (χ0) is 19.5.